The number of hydrogen-bond donors (Lipinski definition) is 2. The van der Waals surface area contributed by atoms with Gasteiger partial charge in [-0.25, -0.2) is 0 Å². The molecule has 0 spiro atoms. The highest BCUT2D eigenvalue weighted by Crippen LogP contribution is 2.42. The highest BCUT2D eigenvalue weighted by Gasteiger charge is 2.42. The Balaban J connectivity index is 1.55. The normalized spacial score (nSPS) is 17.8. The number of nitrogens with one attached hydrogen (secondary N) is 1. The second kappa shape index (κ2) is 8.30. The molecular formula is C25H25N3O3. The summed E-state index contributed by atoms with van der Waals surface area (Å²) in [5.41, 5.74) is 5.30. The number of aryl methyl sites for hydroxylation is 2. The van der Waals surface area contributed by atoms with E-state index in [1.54, 1.807) is 12.4 Å². The number of ketones is 1. The first-order valence-corrected chi connectivity index (χ1v) is 10.5. The van der Waals surface area contributed by atoms with Crippen molar-refractivity contribution < 1.29 is 14.7 Å². The summed E-state index contributed by atoms with van der Waals surface area (Å²) in [7, 11) is 0. The monoisotopic (exact) mass is 415 g/mol. The zero-order chi connectivity index (χ0) is 22.0. The molecule has 6 nitrogen and oxygen atoms in total. The van der Waals surface area contributed by atoms with Crippen LogP contribution in [0.3, 0.4) is 0 Å². The van der Waals surface area contributed by atoms with Gasteiger partial charge in [-0.05, 0) is 62.1 Å². The molecule has 2 N–H and O–H groups in total. The quantitative estimate of drug-likeness (QED) is 0.575. The molecule has 0 saturated heterocycles. The van der Waals surface area contributed by atoms with Gasteiger partial charge in [-0.1, -0.05) is 19.1 Å². The molecule has 1 unspecified atom stereocenters. The van der Waals surface area contributed by atoms with Crippen LogP contribution < -0.4 is 5.32 Å². The van der Waals surface area contributed by atoms with Crippen molar-refractivity contribution in [2.24, 2.45) is 5.41 Å². The second-order valence-electron chi connectivity index (χ2n) is 8.15. The zero-order valence-electron chi connectivity index (χ0n) is 17.7. The minimum atomic E-state index is -0.922. The van der Waals surface area contributed by atoms with Crippen LogP contribution in [-0.4, -0.2) is 26.8 Å². The number of hydrogen-bond acceptors (Lipinski definition) is 5. The van der Waals surface area contributed by atoms with Gasteiger partial charge in [0.15, 0.2) is 5.78 Å². The number of carboxylic acids is 1. The average Bonchev–Trinajstić information content (AvgIpc) is 2.77. The van der Waals surface area contributed by atoms with Gasteiger partial charge in [-0.2, -0.15) is 0 Å². The van der Waals surface area contributed by atoms with Gasteiger partial charge in [0.05, 0.1) is 35.9 Å². The number of rotatable bonds is 6. The number of carboxylic acid groups (broad SMARTS) is 1. The van der Waals surface area contributed by atoms with Gasteiger partial charge in [-0.3, -0.25) is 19.6 Å². The van der Waals surface area contributed by atoms with Gasteiger partial charge < -0.3 is 10.4 Å². The standard InChI is InChI=1S/C25H25N3O3/c1-3-25(13-23(29)30)11-10-17-12-18(5-8-21(17)24(25)31)22-9-7-20(15-27-22)28-19-6-4-16(2)26-14-19/h4-9,12,14-15,28H,3,10-11,13H2,1-2H3,(H,29,30). The second-order valence-corrected chi connectivity index (χ2v) is 8.15. The largest absolute Gasteiger partial charge is 0.481 e. The summed E-state index contributed by atoms with van der Waals surface area (Å²) in [6, 6.07) is 13.5. The fourth-order valence-electron chi connectivity index (χ4n) is 4.22. The lowest BCUT2D eigenvalue weighted by Crippen LogP contribution is -2.37. The number of aliphatic carboxylic acids is 1. The highest BCUT2D eigenvalue weighted by molar-refractivity contribution is 6.04. The molecule has 3 aromatic rings. The Labute approximate surface area is 181 Å². The smallest absolute Gasteiger partial charge is 0.304 e. The van der Waals surface area contributed by atoms with E-state index in [1.165, 1.54) is 0 Å². The van der Waals surface area contributed by atoms with Crippen LogP contribution in [-0.2, 0) is 11.2 Å². The van der Waals surface area contributed by atoms with Crippen molar-refractivity contribution in [1.82, 2.24) is 9.97 Å². The van der Waals surface area contributed by atoms with Crippen molar-refractivity contribution in [3.63, 3.8) is 0 Å². The predicted molar refractivity (Wildman–Crippen MR) is 120 cm³/mol. The lowest BCUT2D eigenvalue weighted by molar-refractivity contribution is -0.139. The molecule has 0 aliphatic heterocycles. The number of anilines is 2. The van der Waals surface area contributed by atoms with E-state index in [2.05, 4.69) is 15.3 Å². The van der Waals surface area contributed by atoms with Crippen molar-refractivity contribution in [1.29, 1.82) is 0 Å². The average molecular weight is 415 g/mol. The molecule has 1 aromatic carbocycles. The topological polar surface area (TPSA) is 92.2 Å². The minimum absolute atomic E-state index is 0.0515. The number of Topliss-reactive ketones (excluding diaryl/α,β-unsaturated/α-hetero) is 1. The fraction of sp³-hybridized carbons (Fsp3) is 0.280. The summed E-state index contributed by atoms with van der Waals surface area (Å²) >= 11 is 0. The van der Waals surface area contributed by atoms with Gasteiger partial charge in [-0.15, -0.1) is 0 Å². The van der Waals surface area contributed by atoms with Crippen LogP contribution in [0.4, 0.5) is 11.4 Å². The Kier molecular flexibility index (Phi) is 5.55. The van der Waals surface area contributed by atoms with E-state index in [4.69, 9.17) is 0 Å². The van der Waals surface area contributed by atoms with Crippen LogP contribution in [0.5, 0.6) is 0 Å². The molecule has 0 saturated carbocycles. The van der Waals surface area contributed by atoms with Gasteiger partial charge in [0.1, 0.15) is 0 Å². The minimum Gasteiger partial charge on any atom is -0.481 e. The zero-order valence-corrected chi connectivity index (χ0v) is 17.7. The van der Waals surface area contributed by atoms with Crippen molar-refractivity contribution in [2.75, 3.05) is 5.32 Å². The molecule has 2 aromatic heterocycles. The summed E-state index contributed by atoms with van der Waals surface area (Å²) in [5, 5.41) is 12.6. The third-order valence-corrected chi connectivity index (χ3v) is 6.13. The fourth-order valence-corrected chi connectivity index (χ4v) is 4.22. The van der Waals surface area contributed by atoms with E-state index in [-0.39, 0.29) is 12.2 Å². The van der Waals surface area contributed by atoms with Crippen LogP contribution in [0.2, 0.25) is 0 Å². The molecule has 0 bridgehead atoms. The number of nitrogens with zero attached hydrogens (tertiary/aromatic N) is 2. The molecular weight excluding hydrogens is 390 g/mol. The predicted octanol–water partition coefficient (Wildman–Crippen LogP) is 5.20. The number of benzene rings is 1. The molecule has 0 radical (unpaired) electrons. The number of aromatic nitrogens is 2. The maximum atomic E-state index is 13.1. The molecule has 1 aliphatic carbocycles. The summed E-state index contributed by atoms with van der Waals surface area (Å²) in [6.45, 7) is 3.84. The maximum absolute atomic E-state index is 13.1. The number of pyridine rings is 2. The van der Waals surface area contributed by atoms with E-state index >= 15 is 0 Å². The maximum Gasteiger partial charge on any atom is 0.304 e. The third kappa shape index (κ3) is 4.19. The molecule has 0 fully saturated rings. The first-order valence-electron chi connectivity index (χ1n) is 10.5. The molecule has 31 heavy (non-hydrogen) atoms. The molecule has 1 atom stereocenters. The van der Waals surface area contributed by atoms with Crippen molar-refractivity contribution >= 4 is 23.1 Å². The summed E-state index contributed by atoms with van der Waals surface area (Å²) < 4.78 is 0. The van der Waals surface area contributed by atoms with Crippen LogP contribution in [0, 0.1) is 12.3 Å². The van der Waals surface area contributed by atoms with E-state index < -0.39 is 11.4 Å². The van der Waals surface area contributed by atoms with Crippen molar-refractivity contribution in [3.8, 4) is 11.3 Å². The van der Waals surface area contributed by atoms with Crippen LogP contribution in [0.25, 0.3) is 11.3 Å². The van der Waals surface area contributed by atoms with Crippen LogP contribution in [0.15, 0.2) is 54.9 Å². The lowest BCUT2D eigenvalue weighted by atomic mass is 9.67. The molecule has 0 amide bonds. The Bertz CT molecular complexity index is 1120. The summed E-state index contributed by atoms with van der Waals surface area (Å²) in [6.07, 6.45) is 5.23. The van der Waals surface area contributed by atoms with E-state index in [9.17, 15) is 14.7 Å². The van der Waals surface area contributed by atoms with Gasteiger partial charge in [0.2, 0.25) is 0 Å². The van der Waals surface area contributed by atoms with Gasteiger partial charge in [0.25, 0.3) is 0 Å². The molecule has 1 aliphatic rings. The molecule has 2 heterocycles. The summed E-state index contributed by atoms with van der Waals surface area (Å²) in [4.78, 5) is 33.3. The van der Waals surface area contributed by atoms with E-state index in [1.807, 2.05) is 56.3 Å². The molecule has 4 rings (SSSR count). The van der Waals surface area contributed by atoms with Gasteiger partial charge in [0, 0.05) is 22.2 Å². The van der Waals surface area contributed by atoms with Crippen molar-refractivity contribution in [2.45, 2.75) is 39.5 Å². The number of fused-ring (bicyclic) bond motifs is 1. The van der Waals surface area contributed by atoms with Crippen LogP contribution in [0.1, 0.15) is 47.8 Å². The van der Waals surface area contributed by atoms with Gasteiger partial charge >= 0.3 is 5.97 Å². The Morgan fingerprint density at radius 3 is 2.45 bits per heavy atom. The Morgan fingerprint density at radius 2 is 1.84 bits per heavy atom. The Morgan fingerprint density at radius 1 is 1.10 bits per heavy atom. The Hall–Kier alpha value is -3.54. The number of carbonyl (C=O) groups excluding carboxylic acids is 1. The first-order chi connectivity index (χ1) is 14.9. The molecule has 6 heteroatoms. The lowest BCUT2D eigenvalue weighted by Gasteiger charge is -2.34. The van der Waals surface area contributed by atoms with Crippen LogP contribution >= 0.6 is 0 Å². The van der Waals surface area contributed by atoms with Crippen molar-refractivity contribution in [3.05, 3.63) is 71.7 Å². The van der Waals surface area contributed by atoms with E-state index in [0.717, 1.165) is 33.9 Å². The van der Waals surface area contributed by atoms with E-state index in [0.29, 0.717) is 24.8 Å². The first kappa shape index (κ1) is 20.7. The number of carbonyl (C=O) groups is 2. The summed E-state index contributed by atoms with van der Waals surface area (Å²) in [5.74, 6) is -0.973. The molecule has 158 valence electrons. The highest BCUT2D eigenvalue weighted by atomic mass is 16.4. The SMILES string of the molecule is CCC1(CC(=O)O)CCc2cc(-c3ccc(Nc4ccc(C)nc4)cn3)ccc2C1=O. The third-order valence-electron chi connectivity index (χ3n) is 6.13.